The molecule has 0 radical (unpaired) electrons. The molecule has 0 aliphatic carbocycles. The molecule has 1 aromatic heterocycles. The average molecular weight is 455 g/mol. The summed E-state index contributed by atoms with van der Waals surface area (Å²) in [5, 5.41) is 10.0. The predicted molar refractivity (Wildman–Crippen MR) is 130 cm³/mol. The molecule has 7 heteroatoms. The molecule has 5 aromatic rings. The molecule has 0 saturated heterocycles. The van der Waals surface area contributed by atoms with Crippen LogP contribution in [0, 0.1) is 0 Å². The molecule has 0 aliphatic rings. The number of hydrogen-bond donors (Lipinski definition) is 1. The fraction of sp³-hybridized carbons (Fsp3) is 0.0385. The van der Waals surface area contributed by atoms with Crippen molar-refractivity contribution in [2.75, 3.05) is 12.4 Å². The highest BCUT2D eigenvalue weighted by atomic mass is 35.5. The standard InChI is InChI=1S/C26H19ClN4O2/c1-33-21-14-12-20(13-15-21)31-25(18-8-4-9-19(27)16-18)29-24(30-31)26(32)28-23-11-5-7-17-6-2-3-10-22(17)23/h2-16H,1H3,(H,28,32). The summed E-state index contributed by atoms with van der Waals surface area (Å²) in [6, 6.07) is 28.3. The molecule has 1 amide bonds. The zero-order valence-corrected chi connectivity index (χ0v) is 18.5. The second-order valence-electron chi connectivity index (χ2n) is 7.36. The zero-order chi connectivity index (χ0) is 22.8. The molecule has 0 saturated carbocycles. The number of anilines is 1. The molecule has 6 nitrogen and oxygen atoms in total. The smallest absolute Gasteiger partial charge is 0.295 e. The second-order valence-corrected chi connectivity index (χ2v) is 7.80. The van der Waals surface area contributed by atoms with Crippen molar-refractivity contribution in [3.8, 4) is 22.8 Å². The summed E-state index contributed by atoms with van der Waals surface area (Å²) in [4.78, 5) is 17.7. The topological polar surface area (TPSA) is 69.0 Å². The van der Waals surface area contributed by atoms with Gasteiger partial charge in [0, 0.05) is 21.7 Å². The molecule has 0 spiro atoms. The van der Waals surface area contributed by atoms with Crippen LogP contribution in [-0.2, 0) is 0 Å². The minimum Gasteiger partial charge on any atom is -0.497 e. The Hall–Kier alpha value is -4.16. The Kier molecular flexibility index (Phi) is 5.50. The van der Waals surface area contributed by atoms with Crippen LogP contribution in [-0.4, -0.2) is 27.8 Å². The molecule has 162 valence electrons. The van der Waals surface area contributed by atoms with E-state index in [-0.39, 0.29) is 5.82 Å². The largest absolute Gasteiger partial charge is 0.497 e. The number of fused-ring (bicyclic) bond motifs is 1. The number of hydrogen-bond acceptors (Lipinski definition) is 4. The number of rotatable bonds is 5. The number of aromatic nitrogens is 3. The van der Waals surface area contributed by atoms with Gasteiger partial charge in [-0.2, -0.15) is 0 Å². The van der Waals surface area contributed by atoms with Crippen molar-refractivity contribution in [1.29, 1.82) is 0 Å². The van der Waals surface area contributed by atoms with E-state index in [1.54, 1.807) is 23.9 Å². The maximum absolute atomic E-state index is 13.2. The predicted octanol–water partition coefficient (Wildman–Crippen LogP) is 6.00. The van der Waals surface area contributed by atoms with E-state index in [0.29, 0.717) is 16.5 Å². The number of nitrogens with zero attached hydrogens (tertiary/aromatic N) is 3. The van der Waals surface area contributed by atoms with Gasteiger partial charge in [-0.1, -0.05) is 60.1 Å². The van der Waals surface area contributed by atoms with Crippen LogP contribution < -0.4 is 10.1 Å². The van der Waals surface area contributed by atoms with E-state index in [1.165, 1.54) is 0 Å². The summed E-state index contributed by atoms with van der Waals surface area (Å²) >= 11 is 6.21. The number of ether oxygens (including phenoxy) is 1. The fourth-order valence-electron chi connectivity index (χ4n) is 3.64. The van der Waals surface area contributed by atoms with Crippen molar-refractivity contribution in [1.82, 2.24) is 14.8 Å². The van der Waals surface area contributed by atoms with Crippen LogP contribution in [0.5, 0.6) is 5.75 Å². The third-order valence-corrected chi connectivity index (χ3v) is 5.48. The number of carbonyl (C=O) groups is 1. The maximum atomic E-state index is 13.2. The van der Waals surface area contributed by atoms with Gasteiger partial charge in [0.25, 0.3) is 5.91 Å². The van der Waals surface area contributed by atoms with Crippen molar-refractivity contribution in [2.45, 2.75) is 0 Å². The first-order valence-corrected chi connectivity index (χ1v) is 10.7. The Morgan fingerprint density at radius 3 is 2.48 bits per heavy atom. The second kappa shape index (κ2) is 8.76. The van der Waals surface area contributed by atoms with Crippen LogP contribution in [0.1, 0.15) is 10.6 Å². The first-order valence-electron chi connectivity index (χ1n) is 10.3. The first-order chi connectivity index (χ1) is 16.1. The molecule has 0 atom stereocenters. The molecule has 0 fully saturated rings. The van der Waals surface area contributed by atoms with Crippen molar-refractivity contribution >= 4 is 34.0 Å². The van der Waals surface area contributed by atoms with E-state index in [9.17, 15) is 4.79 Å². The Balaban J connectivity index is 1.56. The quantitative estimate of drug-likeness (QED) is 0.353. The minimum absolute atomic E-state index is 0.0497. The molecule has 0 unspecified atom stereocenters. The van der Waals surface area contributed by atoms with Gasteiger partial charge in [-0.15, -0.1) is 5.10 Å². The van der Waals surface area contributed by atoms with Crippen LogP contribution in [0.15, 0.2) is 91.0 Å². The van der Waals surface area contributed by atoms with Gasteiger partial charge in [0.05, 0.1) is 12.8 Å². The van der Waals surface area contributed by atoms with E-state index in [1.807, 2.05) is 78.9 Å². The summed E-state index contributed by atoms with van der Waals surface area (Å²) in [5.74, 6) is 0.874. The SMILES string of the molecule is COc1ccc(-n2nc(C(=O)Nc3cccc4ccccc34)nc2-c2cccc(Cl)c2)cc1. The first kappa shape index (κ1) is 20.7. The molecule has 0 bridgehead atoms. The molecule has 33 heavy (non-hydrogen) atoms. The fourth-order valence-corrected chi connectivity index (χ4v) is 3.83. The van der Waals surface area contributed by atoms with Crippen molar-refractivity contribution in [3.05, 3.63) is 102 Å². The van der Waals surface area contributed by atoms with Gasteiger partial charge >= 0.3 is 0 Å². The number of amides is 1. The Labute approximate surface area is 195 Å². The van der Waals surface area contributed by atoms with Crippen LogP contribution in [0.25, 0.3) is 27.8 Å². The van der Waals surface area contributed by atoms with Gasteiger partial charge in [-0.25, -0.2) is 9.67 Å². The molecular weight excluding hydrogens is 436 g/mol. The highest BCUT2D eigenvalue weighted by Crippen LogP contribution is 2.26. The number of halogens is 1. The lowest BCUT2D eigenvalue weighted by atomic mass is 10.1. The summed E-state index contributed by atoms with van der Waals surface area (Å²) in [6.45, 7) is 0. The van der Waals surface area contributed by atoms with E-state index in [4.69, 9.17) is 16.3 Å². The van der Waals surface area contributed by atoms with Crippen molar-refractivity contribution in [2.24, 2.45) is 0 Å². The Morgan fingerprint density at radius 1 is 0.939 bits per heavy atom. The molecule has 1 N–H and O–H groups in total. The molecule has 4 aromatic carbocycles. The normalized spacial score (nSPS) is 10.8. The van der Waals surface area contributed by atoms with E-state index in [0.717, 1.165) is 27.8 Å². The van der Waals surface area contributed by atoms with Crippen molar-refractivity contribution in [3.63, 3.8) is 0 Å². The molecule has 0 aliphatic heterocycles. The van der Waals surface area contributed by atoms with E-state index >= 15 is 0 Å². The Bertz CT molecular complexity index is 1460. The number of nitrogens with one attached hydrogen (secondary N) is 1. The van der Waals surface area contributed by atoms with Gasteiger partial charge in [0.1, 0.15) is 5.75 Å². The third-order valence-electron chi connectivity index (χ3n) is 5.25. The monoisotopic (exact) mass is 454 g/mol. The van der Waals surface area contributed by atoms with Crippen LogP contribution in [0.4, 0.5) is 5.69 Å². The van der Waals surface area contributed by atoms with Gasteiger partial charge in [-0.3, -0.25) is 4.79 Å². The summed E-state index contributed by atoms with van der Waals surface area (Å²) in [7, 11) is 1.61. The number of methoxy groups -OCH3 is 1. The number of carbonyl (C=O) groups excluding carboxylic acids is 1. The highest BCUT2D eigenvalue weighted by Gasteiger charge is 2.20. The average Bonchev–Trinajstić information content (AvgIpc) is 3.30. The summed E-state index contributed by atoms with van der Waals surface area (Å²) in [5.41, 5.74) is 2.18. The highest BCUT2D eigenvalue weighted by molar-refractivity contribution is 6.30. The molecular formula is C26H19ClN4O2. The van der Waals surface area contributed by atoms with Gasteiger partial charge in [-0.05, 0) is 47.9 Å². The van der Waals surface area contributed by atoms with E-state index < -0.39 is 5.91 Å². The molecule has 5 rings (SSSR count). The van der Waals surface area contributed by atoms with Crippen LogP contribution in [0.3, 0.4) is 0 Å². The lowest BCUT2D eigenvalue weighted by Gasteiger charge is -2.07. The van der Waals surface area contributed by atoms with Crippen molar-refractivity contribution < 1.29 is 9.53 Å². The maximum Gasteiger partial charge on any atom is 0.295 e. The number of benzene rings is 4. The third kappa shape index (κ3) is 4.16. The van der Waals surface area contributed by atoms with Gasteiger partial charge in [0.2, 0.25) is 5.82 Å². The lowest BCUT2D eigenvalue weighted by Crippen LogP contribution is -2.14. The van der Waals surface area contributed by atoms with Gasteiger partial charge in [0.15, 0.2) is 5.82 Å². The summed E-state index contributed by atoms with van der Waals surface area (Å²) in [6.07, 6.45) is 0. The lowest BCUT2D eigenvalue weighted by molar-refractivity contribution is 0.101. The minimum atomic E-state index is -0.401. The Morgan fingerprint density at radius 2 is 1.70 bits per heavy atom. The summed E-state index contributed by atoms with van der Waals surface area (Å²) < 4.78 is 6.88. The van der Waals surface area contributed by atoms with Gasteiger partial charge < -0.3 is 10.1 Å². The molecule has 1 heterocycles. The van der Waals surface area contributed by atoms with Crippen LogP contribution >= 0.6 is 11.6 Å². The zero-order valence-electron chi connectivity index (χ0n) is 17.7. The van der Waals surface area contributed by atoms with E-state index in [2.05, 4.69) is 15.4 Å². The van der Waals surface area contributed by atoms with Crippen LogP contribution in [0.2, 0.25) is 5.02 Å².